The Morgan fingerprint density at radius 3 is 2.56 bits per heavy atom. The molecule has 0 spiro atoms. The summed E-state index contributed by atoms with van der Waals surface area (Å²) in [4.78, 5) is 11.9. The Bertz CT molecular complexity index is 427. The van der Waals surface area contributed by atoms with E-state index in [2.05, 4.69) is 0 Å². The first-order chi connectivity index (χ1) is 8.51. The average Bonchev–Trinajstić information content (AvgIpc) is 2.34. The number of carbonyl (C=O) groups is 1. The minimum atomic E-state index is -0.376. The minimum Gasteiger partial charge on any atom is -0.496 e. The van der Waals surface area contributed by atoms with Gasteiger partial charge in [0.2, 0.25) is 0 Å². The zero-order valence-corrected chi connectivity index (χ0v) is 11.4. The summed E-state index contributed by atoms with van der Waals surface area (Å²) in [5.41, 5.74) is 7.61. The second-order valence-corrected chi connectivity index (χ2v) is 4.47. The molecule has 0 bridgehead atoms. The molecule has 0 aliphatic rings. The minimum absolute atomic E-state index is 0.248. The van der Waals surface area contributed by atoms with Crippen molar-refractivity contribution in [1.82, 2.24) is 0 Å². The highest BCUT2D eigenvalue weighted by Gasteiger charge is 2.17. The topological polar surface area (TPSA) is 61.5 Å². The van der Waals surface area contributed by atoms with Crippen molar-refractivity contribution in [3.05, 3.63) is 23.3 Å². The van der Waals surface area contributed by atoms with Crippen LogP contribution in [0, 0.1) is 0 Å². The molecule has 0 amide bonds. The molecule has 0 saturated carbocycles. The molecule has 0 fully saturated rings. The van der Waals surface area contributed by atoms with E-state index < -0.39 is 0 Å². The van der Waals surface area contributed by atoms with E-state index in [4.69, 9.17) is 15.2 Å². The molecular weight excluding hydrogens is 230 g/mol. The summed E-state index contributed by atoms with van der Waals surface area (Å²) in [5.74, 6) is 0.576. The number of anilines is 1. The molecule has 0 aromatic heterocycles. The van der Waals surface area contributed by atoms with E-state index in [1.54, 1.807) is 19.2 Å². The fourth-order valence-electron chi connectivity index (χ4n) is 1.69. The maximum Gasteiger partial charge on any atom is 0.340 e. The first-order valence-corrected chi connectivity index (χ1v) is 6.15. The number of esters is 1. The molecule has 0 aliphatic carbocycles. The smallest absolute Gasteiger partial charge is 0.340 e. The van der Waals surface area contributed by atoms with Crippen LogP contribution in [0.2, 0.25) is 0 Å². The molecule has 0 unspecified atom stereocenters. The third-order valence-corrected chi connectivity index (χ3v) is 2.68. The number of nitrogen functional groups attached to an aromatic ring is 1. The van der Waals surface area contributed by atoms with E-state index in [0.29, 0.717) is 23.6 Å². The number of benzene rings is 1. The Morgan fingerprint density at radius 2 is 2.06 bits per heavy atom. The van der Waals surface area contributed by atoms with Crippen molar-refractivity contribution in [3.8, 4) is 5.75 Å². The first kappa shape index (κ1) is 14.4. The molecule has 18 heavy (non-hydrogen) atoms. The van der Waals surface area contributed by atoms with Gasteiger partial charge in [0, 0.05) is 11.8 Å². The van der Waals surface area contributed by atoms with Gasteiger partial charge < -0.3 is 15.2 Å². The summed E-state index contributed by atoms with van der Waals surface area (Å²) in [6, 6.07) is 3.44. The van der Waals surface area contributed by atoms with Gasteiger partial charge in [0.25, 0.3) is 0 Å². The number of ether oxygens (including phenoxy) is 2. The standard InChI is InChI=1S/C14H21NO3/c1-5-6-18-14(16)11-7-10(9(2)3)13(17-4)8-12(11)15/h7-9H,5-6,15H2,1-4H3. The molecule has 100 valence electrons. The zero-order valence-electron chi connectivity index (χ0n) is 11.4. The van der Waals surface area contributed by atoms with Crippen molar-refractivity contribution in [2.45, 2.75) is 33.1 Å². The fraction of sp³-hybridized carbons (Fsp3) is 0.500. The molecule has 1 rings (SSSR count). The molecule has 0 aliphatic heterocycles. The van der Waals surface area contributed by atoms with Crippen LogP contribution in [-0.2, 0) is 4.74 Å². The van der Waals surface area contributed by atoms with Crippen LogP contribution in [0.4, 0.5) is 5.69 Å². The summed E-state index contributed by atoms with van der Waals surface area (Å²) in [5, 5.41) is 0. The monoisotopic (exact) mass is 251 g/mol. The van der Waals surface area contributed by atoms with Crippen molar-refractivity contribution < 1.29 is 14.3 Å². The highest BCUT2D eigenvalue weighted by molar-refractivity contribution is 5.95. The fourth-order valence-corrected chi connectivity index (χ4v) is 1.69. The van der Waals surface area contributed by atoms with Gasteiger partial charge in [-0.1, -0.05) is 20.8 Å². The number of rotatable bonds is 5. The van der Waals surface area contributed by atoms with E-state index in [1.807, 2.05) is 20.8 Å². The molecule has 4 nitrogen and oxygen atoms in total. The number of nitrogens with two attached hydrogens (primary N) is 1. The van der Waals surface area contributed by atoms with Gasteiger partial charge >= 0.3 is 5.97 Å². The lowest BCUT2D eigenvalue weighted by atomic mass is 9.98. The van der Waals surface area contributed by atoms with Gasteiger partial charge in [-0.15, -0.1) is 0 Å². The quantitative estimate of drug-likeness (QED) is 0.645. The first-order valence-electron chi connectivity index (χ1n) is 6.15. The van der Waals surface area contributed by atoms with Crippen molar-refractivity contribution in [3.63, 3.8) is 0 Å². The van der Waals surface area contributed by atoms with Crippen LogP contribution < -0.4 is 10.5 Å². The molecule has 2 N–H and O–H groups in total. The van der Waals surface area contributed by atoms with Crippen molar-refractivity contribution in [2.24, 2.45) is 0 Å². The van der Waals surface area contributed by atoms with Crippen molar-refractivity contribution in [2.75, 3.05) is 19.5 Å². The van der Waals surface area contributed by atoms with Crippen molar-refractivity contribution in [1.29, 1.82) is 0 Å². The van der Waals surface area contributed by atoms with Gasteiger partial charge in [0.15, 0.2) is 0 Å². The second kappa shape index (κ2) is 6.28. The normalized spacial score (nSPS) is 10.5. The SMILES string of the molecule is CCCOC(=O)c1cc(C(C)C)c(OC)cc1N. The zero-order chi connectivity index (χ0) is 13.7. The van der Waals surface area contributed by atoms with E-state index in [0.717, 1.165) is 12.0 Å². The number of hydrogen-bond donors (Lipinski definition) is 1. The Kier molecular flexibility index (Phi) is 5.01. The lowest BCUT2D eigenvalue weighted by molar-refractivity contribution is 0.0506. The third kappa shape index (κ3) is 3.15. The predicted octanol–water partition coefficient (Wildman–Crippen LogP) is 2.97. The molecule has 4 heteroatoms. The highest BCUT2D eigenvalue weighted by atomic mass is 16.5. The average molecular weight is 251 g/mol. The summed E-state index contributed by atoms with van der Waals surface area (Å²) in [6.07, 6.45) is 0.791. The second-order valence-electron chi connectivity index (χ2n) is 4.47. The number of carbonyl (C=O) groups excluding carboxylic acids is 1. The van der Waals surface area contributed by atoms with Crippen LogP contribution in [0.5, 0.6) is 5.75 Å². The third-order valence-electron chi connectivity index (χ3n) is 2.68. The van der Waals surface area contributed by atoms with Crippen LogP contribution in [0.1, 0.15) is 49.0 Å². The lowest BCUT2D eigenvalue weighted by Crippen LogP contribution is -2.10. The van der Waals surface area contributed by atoms with Crippen LogP contribution in [0.15, 0.2) is 12.1 Å². The van der Waals surface area contributed by atoms with Gasteiger partial charge in [0.1, 0.15) is 5.75 Å². The summed E-state index contributed by atoms with van der Waals surface area (Å²) < 4.78 is 10.4. The predicted molar refractivity (Wildman–Crippen MR) is 72.1 cm³/mol. The summed E-state index contributed by atoms with van der Waals surface area (Å²) in [7, 11) is 1.59. The van der Waals surface area contributed by atoms with E-state index >= 15 is 0 Å². The number of hydrogen-bond acceptors (Lipinski definition) is 4. The van der Waals surface area contributed by atoms with E-state index in [1.165, 1.54) is 0 Å². The Morgan fingerprint density at radius 1 is 1.39 bits per heavy atom. The molecular formula is C14H21NO3. The maximum atomic E-state index is 11.9. The molecule has 0 radical (unpaired) electrons. The van der Waals surface area contributed by atoms with Gasteiger partial charge in [-0.3, -0.25) is 0 Å². The van der Waals surface area contributed by atoms with Crippen molar-refractivity contribution >= 4 is 11.7 Å². The van der Waals surface area contributed by atoms with Crippen LogP contribution >= 0.6 is 0 Å². The highest BCUT2D eigenvalue weighted by Crippen LogP contribution is 2.31. The van der Waals surface area contributed by atoms with Gasteiger partial charge in [-0.05, 0) is 24.0 Å². The van der Waals surface area contributed by atoms with Crippen LogP contribution in [0.3, 0.4) is 0 Å². The van der Waals surface area contributed by atoms with Gasteiger partial charge in [0.05, 0.1) is 19.3 Å². The summed E-state index contributed by atoms with van der Waals surface area (Å²) in [6.45, 7) is 6.43. The van der Waals surface area contributed by atoms with Crippen LogP contribution in [-0.4, -0.2) is 19.7 Å². The Hall–Kier alpha value is -1.71. The molecule has 0 atom stereocenters. The largest absolute Gasteiger partial charge is 0.496 e. The Balaban J connectivity index is 3.13. The van der Waals surface area contributed by atoms with E-state index in [-0.39, 0.29) is 11.9 Å². The van der Waals surface area contributed by atoms with Crippen LogP contribution in [0.25, 0.3) is 0 Å². The molecule has 1 aromatic carbocycles. The molecule has 0 saturated heterocycles. The Labute approximate surface area is 108 Å². The lowest BCUT2D eigenvalue weighted by Gasteiger charge is -2.15. The van der Waals surface area contributed by atoms with Gasteiger partial charge in [-0.25, -0.2) is 4.79 Å². The molecule has 1 aromatic rings. The maximum absolute atomic E-state index is 11.9. The molecule has 0 heterocycles. The van der Waals surface area contributed by atoms with E-state index in [9.17, 15) is 4.79 Å². The summed E-state index contributed by atoms with van der Waals surface area (Å²) >= 11 is 0. The van der Waals surface area contributed by atoms with Gasteiger partial charge in [-0.2, -0.15) is 0 Å². The number of methoxy groups -OCH3 is 1.